The minimum absolute atomic E-state index is 0.186. The predicted octanol–water partition coefficient (Wildman–Crippen LogP) is 2.90. The maximum atomic E-state index is 13.5. The largest absolute Gasteiger partial charge is 0.444 e. The first-order valence-electron chi connectivity index (χ1n) is 6.12. The number of alkyl carbamates (subject to hydrolysis) is 1. The molecule has 2 N–H and O–H groups in total. The van der Waals surface area contributed by atoms with Crippen LogP contribution in [0.3, 0.4) is 0 Å². The Morgan fingerprint density at radius 2 is 2.11 bits per heavy atom. The molecular formula is C14H20FNO3. The molecule has 5 heteroatoms. The van der Waals surface area contributed by atoms with E-state index >= 15 is 0 Å². The maximum Gasteiger partial charge on any atom is 0.408 e. The molecule has 1 aromatic rings. The number of hydrogen-bond acceptors (Lipinski definition) is 3. The Hall–Kier alpha value is -1.62. The van der Waals surface area contributed by atoms with Gasteiger partial charge in [0.25, 0.3) is 0 Å². The van der Waals surface area contributed by atoms with E-state index in [4.69, 9.17) is 4.74 Å². The van der Waals surface area contributed by atoms with Gasteiger partial charge in [-0.15, -0.1) is 0 Å². The van der Waals surface area contributed by atoms with Gasteiger partial charge in [0.1, 0.15) is 11.4 Å². The number of ether oxygens (including phenoxy) is 1. The molecule has 0 heterocycles. The van der Waals surface area contributed by atoms with E-state index in [2.05, 4.69) is 5.32 Å². The fourth-order valence-electron chi connectivity index (χ4n) is 1.71. The fourth-order valence-corrected chi connectivity index (χ4v) is 1.71. The Labute approximate surface area is 112 Å². The van der Waals surface area contributed by atoms with Crippen LogP contribution in [0.15, 0.2) is 18.2 Å². The number of amides is 1. The molecule has 0 aliphatic rings. The predicted molar refractivity (Wildman–Crippen MR) is 70.1 cm³/mol. The van der Waals surface area contributed by atoms with E-state index < -0.39 is 30.2 Å². The Morgan fingerprint density at radius 3 is 2.63 bits per heavy atom. The topological polar surface area (TPSA) is 58.6 Å². The number of aliphatic hydroxyl groups is 1. The number of nitrogens with one attached hydrogen (secondary N) is 1. The van der Waals surface area contributed by atoms with E-state index in [1.165, 1.54) is 12.1 Å². The Bertz CT molecular complexity index is 454. The summed E-state index contributed by atoms with van der Waals surface area (Å²) < 4.78 is 18.6. The number of benzene rings is 1. The summed E-state index contributed by atoms with van der Waals surface area (Å²) >= 11 is 0. The summed E-state index contributed by atoms with van der Waals surface area (Å²) in [5, 5.41) is 11.8. The summed E-state index contributed by atoms with van der Waals surface area (Å²) in [7, 11) is 0. The Balaban J connectivity index is 2.81. The third-order valence-corrected chi connectivity index (χ3v) is 2.51. The molecule has 0 fully saturated rings. The van der Waals surface area contributed by atoms with Crippen molar-refractivity contribution < 1.29 is 19.0 Å². The zero-order chi connectivity index (χ0) is 14.6. The van der Waals surface area contributed by atoms with Crippen molar-refractivity contribution in [2.75, 3.05) is 0 Å². The van der Waals surface area contributed by atoms with Gasteiger partial charge >= 0.3 is 6.09 Å². The van der Waals surface area contributed by atoms with Crippen LogP contribution in [0.4, 0.5) is 9.18 Å². The van der Waals surface area contributed by atoms with Crippen LogP contribution in [-0.4, -0.2) is 16.8 Å². The molecule has 1 aromatic carbocycles. The van der Waals surface area contributed by atoms with Crippen LogP contribution in [0, 0.1) is 5.82 Å². The lowest BCUT2D eigenvalue weighted by Crippen LogP contribution is -2.34. The van der Waals surface area contributed by atoms with Gasteiger partial charge < -0.3 is 15.2 Å². The van der Waals surface area contributed by atoms with Crippen molar-refractivity contribution in [1.29, 1.82) is 0 Å². The van der Waals surface area contributed by atoms with Crippen LogP contribution in [0.5, 0.6) is 0 Å². The number of carbonyl (C=O) groups is 1. The molecule has 0 aromatic heterocycles. The number of hydrogen-bond donors (Lipinski definition) is 2. The average molecular weight is 269 g/mol. The van der Waals surface area contributed by atoms with Crippen LogP contribution in [0.1, 0.15) is 44.9 Å². The third kappa shape index (κ3) is 4.52. The van der Waals surface area contributed by atoms with Crippen LogP contribution in [0.25, 0.3) is 0 Å². The van der Waals surface area contributed by atoms with E-state index in [0.29, 0.717) is 5.56 Å². The molecule has 1 rings (SSSR count). The van der Waals surface area contributed by atoms with Crippen molar-refractivity contribution in [2.45, 2.75) is 45.9 Å². The summed E-state index contributed by atoms with van der Waals surface area (Å²) in [6.45, 7) is 6.58. The number of carbonyl (C=O) groups excluding carboxylic acids is 1. The van der Waals surface area contributed by atoms with Crippen molar-refractivity contribution in [1.82, 2.24) is 5.32 Å². The van der Waals surface area contributed by atoms with Gasteiger partial charge in [0, 0.05) is 5.56 Å². The van der Waals surface area contributed by atoms with Crippen molar-refractivity contribution in [3.05, 3.63) is 35.1 Å². The average Bonchev–Trinajstić information content (AvgIpc) is 2.25. The highest BCUT2D eigenvalue weighted by atomic mass is 19.1. The summed E-state index contributed by atoms with van der Waals surface area (Å²) in [6.07, 6.45) is -0.576. The third-order valence-electron chi connectivity index (χ3n) is 2.51. The second-order valence-corrected chi connectivity index (χ2v) is 5.33. The van der Waals surface area contributed by atoms with E-state index in [9.17, 15) is 14.3 Å². The van der Waals surface area contributed by atoms with Crippen molar-refractivity contribution in [2.24, 2.45) is 0 Å². The van der Waals surface area contributed by atoms with Gasteiger partial charge in [-0.2, -0.15) is 0 Å². The van der Waals surface area contributed by atoms with Crippen LogP contribution < -0.4 is 5.32 Å². The Morgan fingerprint density at radius 1 is 1.47 bits per heavy atom. The van der Waals surface area contributed by atoms with E-state index in [-0.39, 0.29) is 5.56 Å². The molecule has 4 nitrogen and oxygen atoms in total. The first-order chi connectivity index (χ1) is 8.74. The first kappa shape index (κ1) is 15.4. The lowest BCUT2D eigenvalue weighted by atomic mass is 10.0. The SMILES string of the molecule is C[C@@H](NC(=O)OC(C)(C)C)c1cccc(F)c1CO. The van der Waals surface area contributed by atoms with E-state index in [1.54, 1.807) is 33.8 Å². The van der Waals surface area contributed by atoms with Crippen LogP contribution in [-0.2, 0) is 11.3 Å². The normalized spacial score (nSPS) is 12.9. The van der Waals surface area contributed by atoms with Gasteiger partial charge in [-0.25, -0.2) is 9.18 Å². The number of aliphatic hydroxyl groups excluding tert-OH is 1. The molecule has 0 bridgehead atoms. The zero-order valence-electron chi connectivity index (χ0n) is 11.7. The van der Waals surface area contributed by atoms with Gasteiger partial charge in [0.05, 0.1) is 12.6 Å². The highest BCUT2D eigenvalue weighted by Gasteiger charge is 2.20. The molecule has 19 heavy (non-hydrogen) atoms. The molecule has 0 saturated heterocycles. The lowest BCUT2D eigenvalue weighted by Gasteiger charge is -2.23. The van der Waals surface area contributed by atoms with Crippen LogP contribution in [0.2, 0.25) is 0 Å². The van der Waals surface area contributed by atoms with E-state index in [1.807, 2.05) is 0 Å². The summed E-state index contributed by atoms with van der Waals surface area (Å²) in [4.78, 5) is 11.6. The number of halogens is 1. The summed E-state index contributed by atoms with van der Waals surface area (Å²) in [6, 6.07) is 4.02. The molecule has 0 aliphatic heterocycles. The minimum atomic E-state index is -0.592. The highest BCUT2D eigenvalue weighted by molar-refractivity contribution is 5.68. The first-order valence-corrected chi connectivity index (χ1v) is 6.12. The molecule has 0 unspecified atom stereocenters. The highest BCUT2D eigenvalue weighted by Crippen LogP contribution is 2.21. The second-order valence-electron chi connectivity index (χ2n) is 5.33. The zero-order valence-corrected chi connectivity index (χ0v) is 11.7. The molecule has 0 aliphatic carbocycles. The molecular weight excluding hydrogens is 249 g/mol. The van der Waals surface area contributed by atoms with Gasteiger partial charge in [-0.05, 0) is 39.3 Å². The van der Waals surface area contributed by atoms with Gasteiger partial charge in [-0.1, -0.05) is 12.1 Å². The molecule has 1 amide bonds. The molecule has 1 atom stereocenters. The Kier molecular flexibility index (Phi) is 4.89. The maximum absolute atomic E-state index is 13.5. The second kappa shape index (κ2) is 6.02. The summed E-state index contributed by atoms with van der Waals surface area (Å²) in [5.41, 5.74) is 0.130. The minimum Gasteiger partial charge on any atom is -0.444 e. The van der Waals surface area contributed by atoms with Crippen LogP contribution >= 0.6 is 0 Å². The van der Waals surface area contributed by atoms with Crippen molar-refractivity contribution in [3.63, 3.8) is 0 Å². The standard InChI is InChI=1S/C14H20FNO3/c1-9(16-13(18)19-14(2,3)4)10-6-5-7-12(15)11(10)8-17/h5-7,9,17H,8H2,1-4H3,(H,16,18)/t9-/m1/s1. The molecule has 0 saturated carbocycles. The van der Waals surface area contributed by atoms with Gasteiger partial charge in [-0.3, -0.25) is 0 Å². The number of rotatable bonds is 3. The lowest BCUT2D eigenvalue weighted by molar-refractivity contribution is 0.0507. The quantitative estimate of drug-likeness (QED) is 0.887. The molecule has 0 radical (unpaired) electrons. The monoisotopic (exact) mass is 269 g/mol. The summed E-state index contributed by atoms with van der Waals surface area (Å²) in [5.74, 6) is -0.488. The van der Waals surface area contributed by atoms with Gasteiger partial charge in [0.15, 0.2) is 0 Å². The smallest absolute Gasteiger partial charge is 0.408 e. The van der Waals surface area contributed by atoms with Crippen molar-refractivity contribution >= 4 is 6.09 Å². The van der Waals surface area contributed by atoms with Crippen molar-refractivity contribution in [3.8, 4) is 0 Å². The van der Waals surface area contributed by atoms with Gasteiger partial charge in [0.2, 0.25) is 0 Å². The fraction of sp³-hybridized carbons (Fsp3) is 0.500. The molecule has 0 spiro atoms. The van der Waals surface area contributed by atoms with E-state index in [0.717, 1.165) is 0 Å². The molecule has 106 valence electrons.